The SMILES string of the molecule is Cc1ccc(F)cc1CN1CCC(O)C1. The number of halogens is 1. The van der Waals surface area contributed by atoms with Gasteiger partial charge in [-0.25, -0.2) is 4.39 Å². The van der Waals surface area contributed by atoms with E-state index in [1.807, 2.05) is 6.92 Å². The fourth-order valence-electron chi connectivity index (χ4n) is 2.01. The van der Waals surface area contributed by atoms with Crippen molar-refractivity contribution in [3.8, 4) is 0 Å². The van der Waals surface area contributed by atoms with Crippen LogP contribution in [0.15, 0.2) is 18.2 Å². The summed E-state index contributed by atoms with van der Waals surface area (Å²) < 4.78 is 13.0. The van der Waals surface area contributed by atoms with Crippen LogP contribution in [0.3, 0.4) is 0 Å². The van der Waals surface area contributed by atoms with Gasteiger partial charge in [0, 0.05) is 19.6 Å². The fraction of sp³-hybridized carbons (Fsp3) is 0.500. The van der Waals surface area contributed by atoms with Crippen LogP contribution in [0.5, 0.6) is 0 Å². The van der Waals surface area contributed by atoms with E-state index in [0.717, 1.165) is 30.6 Å². The molecule has 1 atom stereocenters. The molecule has 0 aromatic heterocycles. The smallest absolute Gasteiger partial charge is 0.123 e. The first kappa shape index (κ1) is 10.6. The summed E-state index contributed by atoms with van der Waals surface area (Å²) in [6.07, 6.45) is 0.618. The molecule has 0 spiro atoms. The van der Waals surface area contributed by atoms with Gasteiger partial charge in [0.15, 0.2) is 0 Å². The number of likely N-dealkylation sites (tertiary alicyclic amines) is 1. The number of β-amino-alcohol motifs (C(OH)–C–C–N with tert-alkyl or cyclic N) is 1. The van der Waals surface area contributed by atoms with Gasteiger partial charge in [-0.3, -0.25) is 4.90 Å². The molecule has 2 nitrogen and oxygen atoms in total. The number of aliphatic hydroxyl groups is 1. The number of rotatable bonds is 2. The lowest BCUT2D eigenvalue weighted by molar-refractivity contribution is 0.174. The van der Waals surface area contributed by atoms with E-state index in [0.29, 0.717) is 6.54 Å². The van der Waals surface area contributed by atoms with Crippen molar-refractivity contribution >= 4 is 0 Å². The summed E-state index contributed by atoms with van der Waals surface area (Å²) in [5.74, 6) is -0.185. The summed E-state index contributed by atoms with van der Waals surface area (Å²) in [6.45, 7) is 4.33. The lowest BCUT2D eigenvalue weighted by Crippen LogP contribution is -2.22. The lowest BCUT2D eigenvalue weighted by atomic mass is 10.1. The Hall–Kier alpha value is -0.930. The lowest BCUT2D eigenvalue weighted by Gasteiger charge is -2.16. The predicted molar refractivity (Wildman–Crippen MR) is 57.0 cm³/mol. The molecule has 3 heteroatoms. The quantitative estimate of drug-likeness (QED) is 0.801. The van der Waals surface area contributed by atoms with Gasteiger partial charge in [-0.2, -0.15) is 0 Å². The zero-order valence-electron chi connectivity index (χ0n) is 8.91. The molecule has 1 aromatic carbocycles. The molecule has 1 saturated heterocycles. The molecule has 15 heavy (non-hydrogen) atoms. The number of aliphatic hydroxyl groups excluding tert-OH is 1. The minimum absolute atomic E-state index is 0.185. The van der Waals surface area contributed by atoms with Gasteiger partial charge in [-0.15, -0.1) is 0 Å². The molecule has 0 bridgehead atoms. The number of hydrogen-bond acceptors (Lipinski definition) is 2. The molecule has 1 unspecified atom stereocenters. The highest BCUT2D eigenvalue weighted by atomic mass is 19.1. The molecular formula is C12H16FNO. The van der Waals surface area contributed by atoms with Crippen molar-refractivity contribution in [1.82, 2.24) is 4.90 Å². The second-order valence-corrected chi connectivity index (χ2v) is 4.25. The molecule has 1 aliphatic rings. The minimum atomic E-state index is -0.209. The first-order valence-electron chi connectivity index (χ1n) is 5.30. The van der Waals surface area contributed by atoms with Crippen LogP contribution in [0.4, 0.5) is 4.39 Å². The molecule has 1 heterocycles. The van der Waals surface area contributed by atoms with Crippen LogP contribution in [0.2, 0.25) is 0 Å². The number of nitrogens with zero attached hydrogens (tertiary/aromatic N) is 1. The average Bonchev–Trinajstić information content (AvgIpc) is 2.58. The first-order valence-corrected chi connectivity index (χ1v) is 5.30. The van der Waals surface area contributed by atoms with Crippen molar-refractivity contribution in [3.05, 3.63) is 35.1 Å². The highest BCUT2D eigenvalue weighted by Crippen LogP contribution is 2.16. The van der Waals surface area contributed by atoms with Gasteiger partial charge in [0.05, 0.1) is 6.10 Å². The molecule has 2 rings (SSSR count). The summed E-state index contributed by atoms with van der Waals surface area (Å²) >= 11 is 0. The van der Waals surface area contributed by atoms with E-state index in [9.17, 15) is 9.50 Å². The summed E-state index contributed by atoms with van der Waals surface area (Å²) in [5.41, 5.74) is 2.13. The van der Waals surface area contributed by atoms with E-state index < -0.39 is 0 Å². The Labute approximate surface area is 89.3 Å². The van der Waals surface area contributed by atoms with Gasteiger partial charge >= 0.3 is 0 Å². The average molecular weight is 209 g/mol. The molecule has 82 valence electrons. The molecule has 1 fully saturated rings. The number of benzene rings is 1. The molecule has 0 aliphatic carbocycles. The molecule has 0 amide bonds. The second kappa shape index (κ2) is 4.29. The summed E-state index contributed by atoms with van der Waals surface area (Å²) in [5, 5.41) is 9.39. The fourth-order valence-corrected chi connectivity index (χ4v) is 2.01. The van der Waals surface area contributed by atoms with Crippen LogP contribution in [0.25, 0.3) is 0 Å². The number of aryl methyl sites for hydroxylation is 1. The molecule has 1 aromatic rings. The van der Waals surface area contributed by atoms with Gasteiger partial charge in [-0.05, 0) is 36.6 Å². The maximum atomic E-state index is 13.0. The zero-order valence-corrected chi connectivity index (χ0v) is 8.91. The van der Waals surface area contributed by atoms with Gasteiger partial charge < -0.3 is 5.11 Å². The summed E-state index contributed by atoms with van der Waals surface area (Å²) in [6, 6.07) is 4.87. The zero-order chi connectivity index (χ0) is 10.8. The van der Waals surface area contributed by atoms with Crippen molar-refractivity contribution in [2.24, 2.45) is 0 Å². The van der Waals surface area contributed by atoms with E-state index in [1.54, 1.807) is 12.1 Å². The van der Waals surface area contributed by atoms with Crippen LogP contribution in [-0.4, -0.2) is 29.2 Å². The highest BCUT2D eigenvalue weighted by Gasteiger charge is 2.20. The summed E-state index contributed by atoms with van der Waals surface area (Å²) in [7, 11) is 0. The normalized spacial score (nSPS) is 22.2. The Morgan fingerprint density at radius 1 is 1.53 bits per heavy atom. The van der Waals surface area contributed by atoms with E-state index in [-0.39, 0.29) is 11.9 Å². The van der Waals surface area contributed by atoms with Crippen LogP contribution < -0.4 is 0 Å². The molecule has 1 N–H and O–H groups in total. The van der Waals surface area contributed by atoms with Crippen LogP contribution in [0.1, 0.15) is 17.5 Å². The molecular weight excluding hydrogens is 193 g/mol. The van der Waals surface area contributed by atoms with Crippen LogP contribution >= 0.6 is 0 Å². The van der Waals surface area contributed by atoms with Gasteiger partial charge in [0.2, 0.25) is 0 Å². The minimum Gasteiger partial charge on any atom is -0.392 e. The Kier molecular flexibility index (Phi) is 3.03. The topological polar surface area (TPSA) is 23.5 Å². The Morgan fingerprint density at radius 2 is 2.33 bits per heavy atom. The Morgan fingerprint density at radius 3 is 3.00 bits per heavy atom. The summed E-state index contributed by atoms with van der Waals surface area (Å²) in [4.78, 5) is 2.16. The van der Waals surface area contributed by atoms with Crippen molar-refractivity contribution < 1.29 is 9.50 Å². The van der Waals surface area contributed by atoms with Gasteiger partial charge in [0.1, 0.15) is 5.82 Å². The molecule has 0 saturated carbocycles. The predicted octanol–water partition coefficient (Wildman–Crippen LogP) is 1.70. The van der Waals surface area contributed by atoms with Crippen molar-refractivity contribution in [2.75, 3.05) is 13.1 Å². The van der Waals surface area contributed by atoms with E-state index in [4.69, 9.17) is 0 Å². The van der Waals surface area contributed by atoms with Crippen molar-refractivity contribution in [1.29, 1.82) is 0 Å². The largest absolute Gasteiger partial charge is 0.392 e. The highest BCUT2D eigenvalue weighted by molar-refractivity contribution is 5.26. The maximum absolute atomic E-state index is 13.0. The Bertz CT molecular complexity index is 353. The van der Waals surface area contributed by atoms with Crippen LogP contribution in [0, 0.1) is 12.7 Å². The third-order valence-electron chi connectivity index (χ3n) is 2.95. The Balaban J connectivity index is 2.07. The van der Waals surface area contributed by atoms with Gasteiger partial charge in [0.25, 0.3) is 0 Å². The van der Waals surface area contributed by atoms with Crippen LogP contribution in [-0.2, 0) is 6.54 Å². The van der Waals surface area contributed by atoms with E-state index >= 15 is 0 Å². The van der Waals surface area contributed by atoms with E-state index in [1.165, 1.54) is 6.07 Å². The molecule has 1 aliphatic heterocycles. The first-order chi connectivity index (χ1) is 7.15. The van der Waals surface area contributed by atoms with Gasteiger partial charge in [-0.1, -0.05) is 6.07 Å². The van der Waals surface area contributed by atoms with Crippen molar-refractivity contribution in [2.45, 2.75) is 26.0 Å². The monoisotopic (exact) mass is 209 g/mol. The third kappa shape index (κ3) is 2.55. The second-order valence-electron chi connectivity index (χ2n) is 4.25. The third-order valence-corrected chi connectivity index (χ3v) is 2.95. The number of hydrogen-bond donors (Lipinski definition) is 1. The van der Waals surface area contributed by atoms with E-state index in [2.05, 4.69) is 4.90 Å². The molecule has 0 radical (unpaired) electrons. The maximum Gasteiger partial charge on any atom is 0.123 e. The standard InChI is InChI=1S/C12H16FNO/c1-9-2-3-11(13)6-10(9)7-14-5-4-12(15)8-14/h2-3,6,12,15H,4-5,7-8H2,1H3. The van der Waals surface area contributed by atoms with Crippen molar-refractivity contribution in [3.63, 3.8) is 0 Å².